The maximum absolute atomic E-state index is 12.4. The van der Waals surface area contributed by atoms with E-state index in [2.05, 4.69) is 15.3 Å². The summed E-state index contributed by atoms with van der Waals surface area (Å²) in [7, 11) is 1.78. The van der Waals surface area contributed by atoms with E-state index in [-0.39, 0.29) is 24.1 Å². The van der Waals surface area contributed by atoms with Gasteiger partial charge in [-0.25, -0.2) is 4.98 Å². The van der Waals surface area contributed by atoms with E-state index in [0.717, 1.165) is 30.5 Å². The molecule has 0 unspecified atom stereocenters. The Morgan fingerprint density at radius 2 is 2.28 bits per heavy atom. The van der Waals surface area contributed by atoms with Crippen molar-refractivity contribution in [2.75, 3.05) is 18.5 Å². The molecule has 0 spiro atoms. The molecule has 3 rings (SSSR count). The maximum Gasteiger partial charge on any atom is 0.248 e. The van der Waals surface area contributed by atoms with E-state index in [9.17, 15) is 9.59 Å². The first-order chi connectivity index (χ1) is 12.1. The van der Waals surface area contributed by atoms with Crippen molar-refractivity contribution < 1.29 is 4.79 Å². The number of hydrogen-bond acceptors (Lipinski definition) is 5. The lowest BCUT2D eigenvalue weighted by Gasteiger charge is -2.27. The van der Waals surface area contributed by atoms with Crippen LogP contribution in [0.25, 0.3) is 0 Å². The van der Waals surface area contributed by atoms with Crippen molar-refractivity contribution in [3.8, 4) is 6.07 Å². The molecule has 1 aliphatic carbocycles. The van der Waals surface area contributed by atoms with E-state index in [1.165, 1.54) is 12.3 Å². The highest BCUT2D eigenvalue weighted by atomic mass is 16.2. The molecule has 0 fully saturated rings. The second kappa shape index (κ2) is 7.18. The minimum atomic E-state index is -0.114. The van der Waals surface area contributed by atoms with Gasteiger partial charge in [-0.15, -0.1) is 0 Å². The number of amides is 1. The van der Waals surface area contributed by atoms with Gasteiger partial charge in [-0.1, -0.05) is 0 Å². The molecule has 0 bridgehead atoms. The summed E-state index contributed by atoms with van der Waals surface area (Å²) in [6, 6.07) is 8.61. The van der Waals surface area contributed by atoms with Crippen LogP contribution >= 0.6 is 0 Å². The van der Waals surface area contributed by atoms with Crippen molar-refractivity contribution in [1.29, 1.82) is 5.26 Å². The molecule has 1 amide bonds. The Morgan fingerprint density at radius 1 is 1.44 bits per heavy atom. The second-order valence-corrected chi connectivity index (χ2v) is 6.14. The number of carbonyl (C=O) groups is 1. The number of fused-ring (bicyclic) bond motifs is 1. The minimum Gasteiger partial charge on any atom is -0.350 e. The van der Waals surface area contributed by atoms with Gasteiger partial charge in [0.1, 0.15) is 11.9 Å². The predicted octanol–water partition coefficient (Wildman–Crippen LogP) is 1.27. The van der Waals surface area contributed by atoms with Crippen LogP contribution in [0.5, 0.6) is 0 Å². The zero-order valence-corrected chi connectivity index (χ0v) is 14.0. The molecule has 0 saturated heterocycles. The Morgan fingerprint density at radius 3 is 3.00 bits per heavy atom. The fourth-order valence-electron chi connectivity index (χ4n) is 3.06. The van der Waals surface area contributed by atoms with Crippen molar-refractivity contribution in [2.45, 2.75) is 25.3 Å². The smallest absolute Gasteiger partial charge is 0.248 e. The third kappa shape index (κ3) is 3.86. The maximum atomic E-state index is 12.4. The molecule has 2 aromatic rings. The lowest BCUT2D eigenvalue weighted by Crippen LogP contribution is -2.39. The first kappa shape index (κ1) is 16.7. The van der Waals surface area contributed by atoms with E-state index < -0.39 is 0 Å². The minimum absolute atomic E-state index is 0.0876. The average Bonchev–Trinajstić information content (AvgIpc) is 2.61. The lowest BCUT2D eigenvalue weighted by molar-refractivity contribution is -0.120. The first-order valence-corrected chi connectivity index (χ1v) is 8.15. The molecule has 1 atom stereocenters. The second-order valence-electron chi connectivity index (χ2n) is 6.14. The number of aryl methyl sites for hydroxylation is 1. The van der Waals surface area contributed by atoms with E-state index in [0.29, 0.717) is 11.4 Å². The molecular weight excluding hydrogens is 318 g/mol. The van der Waals surface area contributed by atoms with Crippen LogP contribution in [0.15, 0.2) is 35.3 Å². The molecule has 128 valence electrons. The van der Waals surface area contributed by atoms with Gasteiger partial charge >= 0.3 is 0 Å². The first-order valence-electron chi connectivity index (χ1n) is 8.15. The highest BCUT2D eigenvalue weighted by Gasteiger charge is 2.22. The van der Waals surface area contributed by atoms with Crippen LogP contribution in [-0.2, 0) is 11.2 Å². The van der Waals surface area contributed by atoms with Crippen molar-refractivity contribution in [3.63, 3.8) is 0 Å². The number of hydrogen-bond donors (Lipinski definition) is 2. The predicted molar refractivity (Wildman–Crippen MR) is 93.1 cm³/mol. The topological polar surface area (TPSA) is 102 Å². The van der Waals surface area contributed by atoms with E-state index >= 15 is 0 Å². The third-order valence-electron chi connectivity index (χ3n) is 4.32. The Labute approximate surface area is 145 Å². The van der Waals surface area contributed by atoms with E-state index in [1.54, 1.807) is 30.1 Å². The highest BCUT2D eigenvalue weighted by molar-refractivity contribution is 5.81. The number of nitrogens with one attached hydrogen (secondary N) is 2. The molecule has 0 radical (unpaired) electrons. The number of pyridine rings is 2. The third-order valence-corrected chi connectivity index (χ3v) is 4.32. The molecule has 0 aromatic carbocycles. The number of aromatic amines is 1. The lowest BCUT2D eigenvalue weighted by atomic mass is 9.91. The number of H-pyrrole nitrogens is 1. The van der Waals surface area contributed by atoms with Crippen LogP contribution in [0.1, 0.15) is 35.7 Å². The van der Waals surface area contributed by atoms with Crippen molar-refractivity contribution in [2.24, 2.45) is 0 Å². The van der Waals surface area contributed by atoms with Crippen LogP contribution in [0.2, 0.25) is 0 Å². The van der Waals surface area contributed by atoms with E-state index in [4.69, 9.17) is 5.26 Å². The molecule has 0 aliphatic heterocycles. The number of carbonyl (C=O) groups excluding carboxylic acids is 1. The normalized spacial score (nSPS) is 15.8. The standard InChI is InChI=1S/C18H19N5O2/c1-23(16-7-5-12(9-19)10-20-16)11-18(25)22-15-4-2-3-14-13(15)6-8-17(24)21-14/h5-8,10,15H,2-4,11H2,1H3,(H,21,24)(H,22,25)/t15-/m1/s1. The monoisotopic (exact) mass is 337 g/mol. The van der Waals surface area contributed by atoms with Crippen LogP contribution < -0.4 is 15.8 Å². The molecule has 2 heterocycles. The number of nitrogens with zero attached hydrogens (tertiary/aromatic N) is 3. The molecule has 7 nitrogen and oxygen atoms in total. The average molecular weight is 337 g/mol. The Bertz CT molecular complexity index is 866. The summed E-state index contributed by atoms with van der Waals surface area (Å²) < 4.78 is 0. The fourth-order valence-corrected chi connectivity index (χ4v) is 3.06. The van der Waals surface area contributed by atoms with Crippen LogP contribution in [0.3, 0.4) is 0 Å². The summed E-state index contributed by atoms with van der Waals surface area (Å²) in [5.41, 5.74) is 2.26. The summed E-state index contributed by atoms with van der Waals surface area (Å²) >= 11 is 0. The van der Waals surface area contributed by atoms with Crippen molar-refractivity contribution >= 4 is 11.7 Å². The number of anilines is 1. The molecule has 7 heteroatoms. The molecule has 25 heavy (non-hydrogen) atoms. The van der Waals surface area contributed by atoms with Gasteiger partial charge in [0.25, 0.3) is 0 Å². The zero-order valence-electron chi connectivity index (χ0n) is 14.0. The van der Waals surface area contributed by atoms with Crippen molar-refractivity contribution in [1.82, 2.24) is 15.3 Å². The van der Waals surface area contributed by atoms with E-state index in [1.807, 2.05) is 6.07 Å². The summed E-state index contributed by atoms with van der Waals surface area (Å²) in [6.45, 7) is 0.161. The van der Waals surface area contributed by atoms with Gasteiger partial charge in [0.05, 0.1) is 18.2 Å². The fraction of sp³-hybridized carbons (Fsp3) is 0.333. The molecule has 0 saturated carbocycles. The van der Waals surface area contributed by atoms with Gasteiger partial charge in [0.15, 0.2) is 0 Å². The summed E-state index contributed by atoms with van der Waals surface area (Å²) in [4.78, 5) is 32.6. The van der Waals surface area contributed by atoms with Gasteiger partial charge in [0.2, 0.25) is 11.5 Å². The number of nitriles is 1. The molecule has 2 aromatic heterocycles. The van der Waals surface area contributed by atoms with Gasteiger partial charge in [-0.2, -0.15) is 5.26 Å². The highest BCUT2D eigenvalue weighted by Crippen LogP contribution is 2.27. The van der Waals surface area contributed by atoms with Crippen molar-refractivity contribution in [3.05, 3.63) is 57.6 Å². The van der Waals surface area contributed by atoms with Crippen LogP contribution in [-0.4, -0.2) is 29.5 Å². The summed E-state index contributed by atoms with van der Waals surface area (Å²) in [6.07, 6.45) is 4.08. The van der Waals surface area contributed by atoms with Gasteiger partial charge in [-0.05, 0) is 43.0 Å². The zero-order chi connectivity index (χ0) is 17.8. The quantitative estimate of drug-likeness (QED) is 0.875. The summed E-state index contributed by atoms with van der Waals surface area (Å²) in [5, 5.41) is 11.8. The number of likely N-dealkylation sites (N-methyl/N-ethyl adjacent to an activating group) is 1. The molecule has 1 aliphatic rings. The van der Waals surface area contributed by atoms with Crippen LogP contribution in [0, 0.1) is 11.3 Å². The Hall–Kier alpha value is -3.14. The molecule has 2 N–H and O–H groups in total. The Kier molecular flexibility index (Phi) is 4.80. The Balaban J connectivity index is 1.65. The molecular formula is C18H19N5O2. The number of aromatic nitrogens is 2. The SMILES string of the molecule is CN(CC(=O)N[C@@H]1CCCc2[nH]c(=O)ccc21)c1ccc(C#N)cn1. The van der Waals surface area contributed by atoms with Gasteiger partial charge in [-0.3, -0.25) is 9.59 Å². The summed E-state index contributed by atoms with van der Waals surface area (Å²) in [5.74, 6) is 0.514. The van der Waals surface area contributed by atoms with Crippen LogP contribution in [0.4, 0.5) is 5.82 Å². The van der Waals surface area contributed by atoms with Gasteiger partial charge < -0.3 is 15.2 Å². The largest absolute Gasteiger partial charge is 0.350 e. The van der Waals surface area contributed by atoms with Gasteiger partial charge in [0, 0.05) is 25.0 Å². The number of rotatable bonds is 4.